The third kappa shape index (κ3) is 3.82. The van der Waals surface area contributed by atoms with Crippen LogP contribution >= 0.6 is 34.8 Å². The maximum atomic E-state index is 13.9. The fourth-order valence-electron chi connectivity index (χ4n) is 3.26. The second kappa shape index (κ2) is 7.90. The highest BCUT2D eigenvalue weighted by molar-refractivity contribution is 6.42. The zero-order valence-electron chi connectivity index (χ0n) is 15.1. The Labute approximate surface area is 180 Å². The van der Waals surface area contributed by atoms with Crippen molar-refractivity contribution in [1.29, 1.82) is 0 Å². The molecule has 0 fully saturated rings. The first-order valence-electron chi connectivity index (χ1n) is 8.70. The molecule has 148 valence electrons. The number of benzene rings is 2. The number of aryl methyl sites for hydroxylation is 1. The van der Waals surface area contributed by atoms with Crippen LogP contribution in [0.2, 0.25) is 15.1 Å². The molecule has 3 nitrogen and oxygen atoms in total. The summed E-state index contributed by atoms with van der Waals surface area (Å²) < 4.78 is 29.4. The molecule has 4 rings (SSSR count). The van der Waals surface area contributed by atoms with Crippen molar-refractivity contribution in [1.82, 2.24) is 14.8 Å². The Hall–Kier alpha value is -2.21. The molecule has 0 radical (unpaired) electrons. The van der Waals surface area contributed by atoms with E-state index in [1.54, 1.807) is 35.9 Å². The van der Waals surface area contributed by atoms with Crippen molar-refractivity contribution >= 4 is 45.8 Å². The van der Waals surface area contributed by atoms with Crippen molar-refractivity contribution in [2.24, 2.45) is 0 Å². The van der Waals surface area contributed by atoms with Gasteiger partial charge in [0.1, 0.15) is 0 Å². The predicted molar refractivity (Wildman–Crippen MR) is 113 cm³/mol. The fourth-order valence-corrected chi connectivity index (χ4v) is 3.75. The van der Waals surface area contributed by atoms with Crippen LogP contribution in [-0.2, 0) is 6.54 Å². The minimum atomic E-state index is -2.68. The highest BCUT2D eigenvalue weighted by Gasteiger charge is 2.21. The quantitative estimate of drug-likeness (QED) is 0.324. The van der Waals surface area contributed by atoms with Crippen LogP contribution in [-0.4, -0.2) is 14.8 Å². The van der Waals surface area contributed by atoms with Crippen molar-refractivity contribution in [2.75, 3.05) is 0 Å². The standard InChI is InChI=1S/C21H14Cl3F2N3/c1-11-19-14(20(25)26)9-18(12-6-7-16(23)17(24)8-12)27-21(19)29(28-11)10-13-4-2-3-5-15(13)22/h2-9,20H,10H2,1H3. The third-order valence-corrected chi connectivity index (χ3v) is 5.74. The van der Waals surface area contributed by atoms with Crippen LogP contribution < -0.4 is 0 Å². The first kappa shape index (κ1) is 20.1. The van der Waals surface area contributed by atoms with Gasteiger partial charge in [0.05, 0.1) is 33.4 Å². The molecule has 0 aliphatic rings. The van der Waals surface area contributed by atoms with Gasteiger partial charge in [-0.05, 0) is 36.8 Å². The fraction of sp³-hybridized carbons (Fsp3) is 0.143. The van der Waals surface area contributed by atoms with Crippen LogP contribution in [0.25, 0.3) is 22.3 Å². The first-order chi connectivity index (χ1) is 13.8. The zero-order chi connectivity index (χ0) is 20.7. The Morgan fingerprint density at radius 3 is 2.41 bits per heavy atom. The van der Waals surface area contributed by atoms with Crippen LogP contribution in [0, 0.1) is 6.92 Å². The van der Waals surface area contributed by atoms with Crippen molar-refractivity contribution in [3.8, 4) is 11.3 Å². The molecule has 4 aromatic rings. The van der Waals surface area contributed by atoms with Crippen LogP contribution in [0.5, 0.6) is 0 Å². The van der Waals surface area contributed by atoms with Gasteiger partial charge < -0.3 is 0 Å². The number of hydrogen-bond donors (Lipinski definition) is 0. The largest absolute Gasteiger partial charge is 0.264 e. The Bertz CT molecular complexity index is 1220. The summed E-state index contributed by atoms with van der Waals surface area (Å²) in [6.07, 6.45) is -2.68. The maximum absolute atomic E-state index is 13.9. The second-order valence-electron chi connectivity index (χ2n) is 6.56. The number of fused-ring (bicyclic) bond motifs is 1. The molecule has 0 aliphatic carbocycles. The van der Waals surface area contributed by atoms with E-state index in [4.69, 9.17) is 34.8 Å². The van der Waals surface area contributed by atoms with Gasteiger partial charge in [0.15, 0.2) is 5.65 Å². The average Bonchev–Trinajstić information content (AvgIpc) is 3.00. The predicted octanol–water partition coefficient (Wildman–Crippen LogP) is 7.35. The van der Waals surface area contributed by atoms with Crippen LogP contribution in [0.3, 0.4) is 0 Å². The van der Waals surface area contributed by atoms with Gasteiger partial charge in [-0.3, -0.25) is 0 Å². The average molecular weight is 453 g/mol. The molecule has 0 bridgehead atoms. The molecule has 8 heteroatoms. The topological polar surface area (TPSA) is 30.7 Å². The highest BCUT2D eigenvalue weighted by atomic mass is 35.5. The Kier molecular flexibility index (Phi) is 5.47. The van der Waals surface area contributed by atoms with E-state index in [0.717, 1.165) is 5.56 Å². The summed E-state index contributed by atoms with van der Waals surface area (Å²) >= 11 is 18.3. The molecular weight excluding hydrogens is 439 g/mol. The molecule has 0 saturated carbocycles. The van der Waals surface area contributed by atoms with Gasteiger partial charge in [-0.15, -0.1) is 0 Å². The van der Waals surface area contributed by atoms with E-state index in [-0.39, 0.29) is 5.56 Å². The minimum Gasteiger partial charge on any atom is -0.242 e. The monoisotopic (exact) mass is 451 g/mol. The van der Waals surface area contributed by atoms with E-state index in [0.29, 0.717) is 49.6 Å². The van der Waals surface area contributed by atoms with E-state index >= 15 is 0 Å². The zero-order valence-corrected chi connectivity index (χ0v) is 17.4. The van der Waals surface area contributed by atoms with Gasteiger partial charge in [-0.2, -0.15) is 5.10 Å². The number of aromatic nitrogens is 3. The molecule has 0 amide bonds. The third-order valence-electron chi connectivity index (χ3n) is 4.64. The highest BCUT2D eigenvalue weighted by Crippen LogP contribution is 2.35. The SMILES string of the molecule is Cc1nn(Cc2ccccc2Cl)c2nc(-c3ccc(Cl)c(Cl)c3)cc(C(F)F)c12. The lowest BCUT2D eigenvalue weighted by atomic mass is 10.1. The van der Waals surface area contributed by atoms with Crippen molar-refractivity contribution in [3.05, 3.63) is 80.4 Å². The molecule has 2 aromatic carbocycles. The van der Waals surface area contributed by atoms with Crippen LogP contribution in [0.15, 0.2) is 48.5 Å². The molecule has 0 aliphatic heterocycles. The lowest BCUT2D eigenvalue weighted by Crippen LogP contribution is -2.04. The molecule has 0 spiro atoms. The van der Waals surface area contributed by atoms with Gasteiger partial charge >= 0.3 is 0 Å². The maximum Gasteiger partial charge on any atom is 0.264 e. The smallest absolute Gasteiger partial charge is 0.242 e. The lowest BCUT2D eigenvalue weighted by molar-refractivity contribution is 0.153. The number of hydrogen-bond acceptors (Lipinski definition) is 2. The van der Waals surface area contributed by atoms with Gasteiger partial charge in [0, 0.05) is 16.1 Å². The van der Waals surface area contributed by atoms with Gasteiger partial charge in [-0.25, -0.2) is 18.4 Å². The van der Waals surface area contributed by atoms with Crippen molar-refractivity contribution < 1.29 is 8.78 Å². The molecule has 29 heavy (non-hydrogen) atoms. The Balaban J connectivity index is 1.93. The summed E-state index contributed by atoms with van der Waals surface area (Å²) in [6.45, 7) is 2.00. The van der Waals surface area contributed by atoms with Gasteiger partial charge in [0.2, 0.25) is 0 Å². The van der Waals surface area contributed by atoms with Gasteiger partial charge in [0.25, 0.3) is 6.43 Å². The second-order valence-corrected chi connectivity index (χ2v) is 7.78. The molecule has 0 saturated heterocycles. The number of alkyl halides is 2. The first-order valence-corrected chi connectivity index (χ1v) is 9.83. The molecule has 0 unspecified atom stereocenters. The Morgan fingerprint density at radius 1 is 0.966 bits per heavy atom. The van der Waals surface area contributed by atoms with E-state index in [9.17, 15) is 8.78 Å². The summed E-state index contributed by atoms with van der Waals surface area (Å²) in [6, 6.07) is 13.6. The molecule has 2 heterocycles. The molecule has 2 aromatic heterocycles. The van der Waals surface area contributed by atoms with Crippen molar-refractivity contribution in [3.63, 3.8) is 0 Å². The molecular formula is C21H14Cl3F2N3. The number of halogens is 5. The minimum absolute atomic E-state index is 0.126. The Morgan fingerprint density at radius 2 is 1.72 bits per heavy atom. The summed E-state index contributed by atoms with van der Waals surface area (Å²) in [5, 5.41) is 6.07. The summed E-state index contributed by atoms with van der Waals surface area (Å²) in [5.41, 5.74) is 2.49. The number of rotatable bonds is 4. The van der Waals surface area contributed by atoms with Crippen molar-refractivity contribution in [2.45, 2.75) is 19.9 Å². The van der Waals surface area contributed by atoms with Crippen LogP contribution in [0.1, 0.15) is 23.2 Å². The number of pyridine rings is 1. The lowest BCUT2D eigenvalue weighted by Gasteiger charge is -2.10. The molecule has 0 atom stereocenters. The van der Waals surface area contributed by atoms with Crippen LogP contribution in [0.4, 0.5) is 8.78 Å². The van der Waals surface area contributed by atoms with E-state index in [2.05, 4.69) is 10.1 Å². The van der Waals surface area contributed by atoms with Gasteiger partial charge in [-0.1, -0.05) is 59.1 Å². The summed E-state index contributed by atoms with van der Waals surface area (Å²) in [7, 11) is 0. The van der Waals surface area contributed by atoms with E-state index in [1.807, 2.05) is 18.2 Å². The normalized spacial score (nSPS) is 11.6. The summed E-state index contributed by atoms with van der Waals surface area (Å²) in [4.78, 5) is 4.63. The van der Waals surface area contributed by atoms with E-state index in [1.165, 1.54) is 6.07 Å². The van der Waals surface area contributed by atoms with E-state index < -0.39 is 6.43 Å². The molecule has 0 N–H and O–H groups in total. The number of nitrogens with zero attached hydrogens (tertiary/aromatic N) is 3. The summed E-state index contributed by atoms with van der Waals surface area (Å²) in [5.74, 6) is 0.